The highest BCUT2D eigenvalue weighted by atomic mass is 16.3. The fourth-order valence-electron chi connectivity index (χ4n) is 1.92. The van der Waals surface area contributed by atoms with Crippen molar-refractivity contribution in [2.45, 2.75) is 19.9 Å². The number of aldehydes is 1. The Bertz CT molecular complexity index is 601. The first-order valence-electron chi connectivity index (χ1n) is 6.02. The number of rotatable bonds is 4. The van der Waals surface area contributed by atoms with E-state index in [1.165, 1.54) is 6.92 Å². The van der Waals surface area contributed by atoms with Gasteiger partial charge in [0.1, 0.15) is 5.76 Å². The van der Waals surface area contributed by atoms with Crippen molar-refractivity contribution in [3.05, 3.63) is 47.7 Å². The molecule has 0 aliphatic heterocycles. The molecule has 19 heavy (non-hydrogen) atoms. The Kier molecular flexibility index (Phi) is 3.80. The van der Waals surface area contributed by atoms with Gasteiger partial charge in [-0.05, 0) is 30.7 Å². The van der Waals surface area contributed by atoms with Crippen LogP contribution >= 0.6 is 0 Å². The van der Waals surface area contributed by atoms with E-state index in [2.05, 4.69) is 5.32 Å². The Morgan fingerprint density at radius 3 is 2.74 bits per heavy atom. The largest absolute Gasteiger partial charge is 0.453 e. The molecule has 98 valence electrons. The van der Waals surface area contributed by atoms with Crippen LogP contribution in [0.5, 0.6) is 0 Å². The highest BCUT2D eigenvalue weighted by molar-refractivity contribution is 5.74. The SMILES string of the molecule is CC(=O)NC(C)c1cccc(-c2ccc(C=O)o2)c1. The molecule has 1 unspecified atom stereocenters. The number of benzene rings is 1. The molecular weight excluding hydrogens is 242 g/mol. The van der Waals surface area contributed by atoms with E-state index in [4.69, 9.17) is 4.42 Å². The van der Waals surface area contributed by atoms with Crippen LogP contribution in [0.3, 0.4) is 0 Å². The third kappa shape index (κ3) is 3.10. The van der Waals surface area contributed by atoms with Crippen LogP contribution < -0.4 is 5.32 Å². The normalized spacial score (nSPS) is 11.9. The van der Waals surface area contributed by atoms with Gasteiger partial charge in [-0.1, -0.05) is 18.2 Å². The molecule has 0 fully saturated rings. The van der Waals surface area contributed by atoms with E-state index in [-0.39, 0.29) is 11.9 Å². The molecule has 2 rings (SSSR count). The lowest BCUT2D eigenvalue weighted by Crippen LogP contribution is -2.23. The Morgan fingerprint density at radius 2 is 2.11 bits per heavy atom. The van der Waals surface area contributed by atoms with Gasteiger partial charge in [0.25, 0.3) is 0 Å². The van der Waals surface area contributed by atoms with Crippen molar-refractivity contribution in [2.75, 3.05) is 0 Å². The van der Waals surface area contributed by atoms with E-state index >= 15 is 0 Å². The molecule has 1 amide bonds. The number of carbonyl (C=O) groups is 2. The highest BCUT2D eigenvalue weighted by Crippen LogP contribution is 2.24. The number of furan rings is 1. The summed E-state index contributed by atoms with van der Waals surface area (Å²) in [6.07, 6.45) is 0.674. The first-order chi connectivity index (χ1) is 9.10. The van der Waals surface area contributed by atoms with Crippen molar-refractivity contribution in [1.29, 1.82) is 0 Å². The molecular formula is C15H15NO3. The summed E-state index contributed by atoms with van der Waals surface area (Å²) in [5.74, 6) is 0.869. The van der Waals surface area contributed by atoms with Crippen LogP contribution in [0.15, 0.2) is 40.8 Å². The molecule has 1 atom stereocenters. The van der Waals surface area contributed by atoms with E-state index in [1.54, 1.807) is 12.1 Å². The lowest BCUT2D eigenvalue weighted by atomic mass is 10.0. The smallest absolute Gasteiger partial charge is 0.217 e. The Labute approximate surface area is 111 Å². The number of hydrogen-bond donors (Lipinski definition) is 1. The van der Waals surface area contributed by atoms with Crippen molar-refractivity contribution in [3.63, 3.8) is 0 Å². The Morgan fingerprint density at radius 1 is 1.32 bits per heavy atom. The lowest BCUT2D eigenvalue weighted by molar-refractivity contribution is -0.119. The van der Waals surface area contributed by atoms with Crippen LogP contribution in [0, 0.1) is 0 Å². The first-order valence-corrected chi connectivity index (χ1v) is 6.02. The summed E-state index contributed by atoms with van der Waals surface area (Å²) in [4.78, 5) is 21.7. The van der Waals surface area contributed by atoms with Gasteiger partial charge < -0.3 is 9.73 Å². The minimum absolute atomic E-state index is 0.0702. The first kappa shape index (κ1) is 13.1. The number of hydrogen-bond acceptors (Lipinski definition) is 3. The zero-order chi connectivity index (χ0) is 13.8. The standard InChI is InChI=1S/C15H15NO3/c1-10(16-11(2)18)12-4-3-5-13(8-12)15-7-6-14(9-17)19-15/h3-10H,1-2H3,(H,16,18). The molecule has 0 aliphatic rings. The van der Waals surface area contributed by atoms with Gasteiger partial charge in [-0.2, -0.15) is 0 Å². The Hall–Kier alpha value is -2.36. The second kappa shape index (κ2) is 5.52. The van der Waals surface area contributed by atoms with Gasteiger partial charge in [0.05, 0.1) is 6.04 Å². The summed E-state index contributed by atoms with van der Waals surface area (Å²) in [5, 5.41) is 2.83. The van der Waals surface area contributed by atoms with Crippen LogP contribution in [0.1, 0.15) is 36.0 Å². The topological polar surface area (TPSA) is 59.3 Å². The van der Waals surface area contributed by atoms with Crippen LogP contribution in [0.25, 0.3) is 11.3 Å². The summed E-state index contributed by atoms with van der Waals surface area (Å²) < 4.78 is 5.38. The molecule has 0 saturated carbocycles. The maximum absolute atomic E-state index is 11.1. The van der Waals surface area contributed by atoms with Crippen LogP contribution in [-0.4, -0.2) is 12.2 Å². The van der Waals surface area contributed by atoms with Gasteiger partial charge in [0, 0.05) is 12.5 Å². The van der Waals surface area contributed by atoms with Crippen molar-refractivity contribution in [2.24, 2.45) is 0 Å². The van der Waals surface area contributed by atoms with Crippen molar-refractivity contribution in [1.82, 2.24) is 5.32 Å². The quantitative estimate of drug-likeness (QED) is 0.857. The molecule has 0 saturated heterocycles. The average molecular weight is 257 g/mol. The average Bonchev–Trinajstić information content (AvgIpc) is 2.87. The fraction of sp³-hybridized carbons (Fsp3) is 0.200. The van der Waals surface area contributed by atoms with Gasteiger partial charge in [0.15, 0.2) is 12.0 Å². The zero-order valence-electron chi connectivity index (χ0n) is 10.8. The van der Waals surface area contributed by atoms with Crippen LogP contribution in [-0.2, 0) is 4.79 Å². The molecule has 0 spiro atoms. The maximum atomic E-state index is 11.1. The number of carbonyl (C=O) groups excluding carboxylic acids is 2. The molecule has 0 aliphatic carbocycles. The number of nitrogens with one attached hydrogen (secondary N) is 1. The third-order valence-electron chi connectivity index (χ3n) is 2.83. The molecule has 1 N–H and O–H groups in total. The molecule has 4 heteroatoms. The lowest BCUT2D eigenvalue weighted by Gasteiger charge is -2.13. The van der Waals surface area contributed by atoms with E-state index in [9.17, 15) is 9.59 Å². The van der Waals surface area contributed by atoms with Gasteiger partial charge in [0.2, 0.25) is 5.91 Å². The van der Waals surface area contributed by atoms with E-state index in [0.29, 0.717) is 17.8 Å². The molecule has 1 aromatic carbocycles. The van der Waals surface area contributed by atoms with Gasteiger partial charge in [-0.25, -0.2) is 0 Å². The predicted molar refractivity (Wildman–Crippen MR) is 71.8 cm³/mol. The predicted octanol–water partition coefficient (Wildman–Crippen LogP) is 2.96. The summed E-state index contributed by atoms with van der Waals surface area (Å²) >= 11 is 0. The monoisotopic (exact) mass is 257 g/mol. The minimum Gasteiger partial charge on any atom is -0.453 e. The molecule has 2 aromatic rings. The number of amides is 1. The summed E-state index contributed by atoms with van der Waals surface area (Å²) in [5.41, 5.74) is 1.86. The van der Waals surface area contributed by atoms with Crippen LogP contribution in [0.4, 0.5) is 0 Å². The van der Waals surface area contributed by atoms with Crippen molar-refractivity contribution in [3.8, 4) is 11.3 Å². The van der Waals surface area contributed by atoms with Crippen LogP contribution in [0.2, 0.25) is 0 Å². The molecule has 0 radical (unpaired) electrons. The molecule has 1 aromatic heterocycles. The van der Waals surface area contributed by atoms with Gasteiger partial charge >= 0.3 is 0 Å². The molecule has 1 heterocycles. The summed E-state index contributed by atoms with van der Waals surface area (Å²) in [6.45, 7) is 3.41. The maximum Gasteiger partial charge on any atom is 0.217 e. The third-order valence-corrected chi connectivity index (χ3v) is 2.83. The fourth-order valence-corrected chi connectivity index (χ4v) is 1.92. The second-order valence-electron chi connectivity index (χ2n) is 4.37. The zero-order valence-corrected chi connectivity index (χ0v) is 10.8. The molecule has 0 bridgehead atoms. The summed E-state index contributed by atoms with van der Waals surface area (Å²) in [7, 11) is 0. The Balaban J connectivity index is 2.28. The van der Waals surface area contributed by atoms with Gasteiger partial charge in [-0.3, -0.25) is 9.59 Å². The second-order valence-corrected chi connectivity index (χ2v) is 4.37. The minimum atomic E-state index is -0.0713. The highest BCUT2D eigenvalue weighted by Gasteiger charge is 2.09. The van der Waals surface area contributed by atoms with E-state index in [0.717, 1.165) is 11.1 Å². The van der Waals surface area contributed by atoms with E-state index < -0.39 is 0 Å². The van der Waals surface area contributed by atoms with Crippen molar-refractivity contribution >= 4 is 12.2 Å². The van der Waals surface area contributed by atoms with E-state index in [1.807, 2.05) is 31.2 Å². The summed E-state index contributed by atoms with van der Waals surface area (Å²) in [6, 6.07) is 11.0. The molecule has 4 nitrogen and oxygen atoms in total. The van der Waals surface area contributed by atoms with Gasteiger partial charge in [-0.15, -0.1) is 0 Å². The van der Waals surface area contributed by atoms with Crippen molar-refractivity contribution < 1.29 is 14.0 Å².